The van der Waals surface area contributed by atoms with E-state index >= 15 is 0 Å². The highest BCUT2D eigenvalue weighted by Crippen LogP contribution is 2.27. The largest absolute Gasteiger partial charge is 0.469 e. The Bertz CT molecular complexity index is 735. The highest BCUT2D eigenvalue weighted by molar-refractivity contribution is 7.20. The molecular formula is C16H16N2O3S2. The molecule has 0 aromatic carbocycles. The van der Waals surface area contributed by atoms with Gasteiger partial charge in [-0.2, -0.15) is 0 Å². The van der Waals surface area contributed by atoms with Gasteiger partial charge in [0.05, 0.1) is 11.1 Å². The number of thiophene rings is 1. The third kappa shape index (κ3) is 4.07. The predicted molar refractivity (Wildman–Crippen MR) is 90.7 cm³/mol. The van der Waals surface area contributed by atoms with Crippen molar-refractivity contribution in [2.75, 3.05) is 13.2 Å². The van der Waals surface area contributed by atoms with E-state index in [1.807, 2.05) is 29.6 Å². The zero-order chi connectivity index (χ0) is 16.1. The number of rotatable bonds is 7. The summed E-state index contributed by atoms with van der Waals surface area (Å²) < 4.78 is 5.27. The van der Waals surface area contributed by atoms with Gasteiger partial charge in [-0.1, -0.05) is 6.07 Å². The van der Waals surface area contributed by atoms with E-state index in [2.05, 4.69) is 10.3 Å². The molecule has 2 N–H and O–H groups in total. The van der Waals surface area contributed by atoms with Crippen LogP contribution in [0.3, 0.4) is 0 Å². The first-order valence-corrected chi connectivity index (χ1v) is 8.93. The van der Waals surface area contributed by atoms with Gasteiger partial charge in [-0.15, -0.1) is 22.7 Å². The van der Waals surface area contributed by atoms with Gasteiger partial charge in [0.2, 0.25) is 0 Å². The number of amides is 1. The minimum atomic E-state index is -0.220. The monoisotopic (exact) mass is 348 g/mol. The summed E-state index contributed by atoms with van der Waals surface area (Å²) >= 11 is 3.05. The van der Waals surface area contributed by atoms with Crippen LogP contribution in [-0.2, 0) is 6.42 Å². The lowest BCUT2D eigenvalue weighted by atomic mass is 10.1. The molecule has 0 saturated carbocycles. The fraction of sp³-hybridized carbons (Fsp3) is 0.250. The number of carbonyl (C=O) groups is 1. The Morgan fingerprint density at radius 3 is 2.96 bits per heavy atom. The summed E-state index contributed by atoms with van der Waals surface area (Å²) in [7, 11) is 0. The Morgan fingerprint density at radius 2 is 2.26 bits per heavy atom. The quantitative estimate of drug-likeness (QED) is 0.688. The van der Waals surface area contributed by atoms with E-state index < -0.39 is 0 Å². The van der Waals surface area contributed by atoms with E-state index in [4.69, 9.17) is 4.42 Å². The zero-order valence-electron chi connectivity index (χ0n) is 12.3. The number of hydrogen-bond donors (Lipinski definition) is 2. The molecule has 0 radical (unpaired) electrons. The second-order valence-corrected chi connectivity index (χ2v) is 6.86. The molecule has 0 aliphatic heterocycles. The van der Waals surface area contributed by atoms with Crippen LogP contribution in [0.15, 0.2) is 45.7 Å². The maximum absolute atomic E-state index is 12.2. The standard InChI is InChI=1S/C16H16N2O3S2/c19-9-11(7-12-3-1-5-21-12)8-17-15(20)13-10-23-16(18-13)14-4-2-6-22-14/h1-6,10-11,19H,7-9H2,(H,17,20)/t11-/m1/s1. The molecule has 7 heteroatoms. The normalized spacial score (nSPS) is 12.2. The summed E-state index contributed by atoms with van der Waals surface area (Å²) in [6, 6.07) is 7.61. The number of aliphatic hydroxyl groups excluding tert-OH is 1. The van der Waals surface area contributed by atoms with Gasteiger partial charge < -0.3 is 14.8 Å². The summed E-state index contributed by atoms with van der Waals surface area (Å²) in [5.41, 5.74) is 0.410. The van der Waals surface area contributed by atoms with Crippen LogP contribution in [0.5, 0.6) is 0 Å². The minimum Gasteiger partial charge on any atom is -0.469 e. The molecule has 0 aliphatic carbocycles. The second-order valence-electron chi connectivity index (χ2n) is 5.06. The lowest BCUT2D eigenvalue weighted by Crippen LogP contribution is -2.32. The fourth-order valence-corrected chi connectivity index (χ4v) is 3.75. The molecular weight excluding hydrogens is 332 g/mol. The minimum absolute atomic E-state index is 0.0154. The molecule has 3 heterocycles. The molecule has 3 rings (SSSR count). The summed E-state index contributed by atoms with van der Waals surface area (Å²) in [5.74, 6) is 0.495. The van der Waals surface area contributed by atoms with Gasteiger partial charge in [0, 0.05) is 30.9 Å². The summed E-state index contributed by atoms with van der Waals surface area (Å²) in [4.78, 5) is 17.6. The van der Waals surface area contributed by atoms with Crippen LogP contribution in [0.4, 0.5) is 0 Å². The number of carbonyl (C=O) groups excluding carboxylic acids is 1. The van der Waals surface area contributed by atoms with Gasteiger partial charge in [0.25, 0.3) is 5.91 Å². The molecule has 23 heavy (non-hydrogen) atoms. The third-order valence-corrected chi connectivity index (χ3v) is 5.23. The molecule has 0 saturated heterocycles. The number of aliphatic hydroxyl groups is 1. The van der Waals surface area contributed by atoms with Crippen LogP contribution in [-0.4, -0.2) is 29.1 Å². The van der Waals surface area contributed by atoms with Crippen LogP contribution in [0.25, 0.3) is 9.88 Å². The number of aromatic nitrogens is 1. The number of nitrogens with zero attached hydrogens (tertiary/aromatic N) is 1. The molecule has 0 unspecified atom stereocenters. The van der Waals surface area contributed by atoms with E-state index in [0.717, 1.165) is 15.6 Å². The van der Waals surface area contributed by atoms with Crippen molar-refractivity contribution in [2.45, 2.75) is 6.42 Å². The van der Waals surface area contributed by atoms with Gasteiger partial charge in [0.15, 0.2) is 0 Å². The predicted octanol–water partition coefficient (Wildman–Crippen LogP) is 3.05. The van der Waals surface area contributed by atoms with Crippen molar-refractivity contribution in [3.63, 3.8) is 0 Å². The SMILES string of the molecule is O=C(NC[C@H](CO)Cc1ccco1)c1csc(-c2cccs2)n1. The Morgan fingerprint density at radius 1 is 1.35 bits per heavy atom. The molecule has 5 nitrogen and oxygen atoms in total. The van der Waals surface area contributed by atoms with Gasteiger partial charge in [-0.05, 0) is 23.6 Å². The topological polar surface area (TPSA) is 75.4 Å². The molecule has 0 aliphatic rings. The third-order valence-electron chi connectivity index (χ3n) is 3.35. The van der Waals surface area contributed by atoms with Crippen molar-refractivity contribution in [2.24, 2.45) is 5.92 Å². The fourth-order valence-electron chi connectivity index (χ4n) is 2.13. The zero-order valence-corrected chi connectivity index (χ0v) is 13.9. The van der Waals surface area contributed by atoms with E-state index in [-0.39, 0.29) is 18.4 Å². The Hall–Kier alpha value is -1.96. The Labute approximate surface area is 141 Å². The smallest absolute Gasteiger partial charge is 0.270 e. The summed E-state index contributed by atoms with van der Waals surface area (Å²) in [6.07, 6.45) is 2.19. The van der Waals surface area contributed by atoms with Crippen molar-refractivity contribution < 1.29 is 14.3 Å². The molecule has 0 bridgehead atoms. The summed E-state index contributed by atoms with van der Waals surface area (Å²) in [5, 5.41) is 16.8. The van der Waals surface area contributed by atoms with E-state index in [1.54, 1.807) is 23.0 Å². The highest BCUT2D eigenvalue weighted by Gasteiger charge is 2.15. The van der Waals surface area contributed by atoms with Gasteiger partial charge in [-0.3, -0.25) is 4.79 Å². The molecule has 3 aromatic rings. The number of furan rings is 1. The van der Waals surface area contributed by atoms with Crippen LogP contribution >= 0.6 is 22.7 Å². The average molecular weight is 348 g/mol. The van der Waals surface area contributed by atoms with Gasteiger partial charge in [0.1, 0.15) is 16.5 Å². The Balaban J connectivity index is 1.56. The first-order chi connectivity index (χ1) is 11.3. The van der Waals surface area contributed by atoms with Crippen LogP contribution in [0, 0.1) is 5.92 Å². The summed E-state index contributed by atoms with van der Waals surface area (Å²) in [6.45, 7) is 0.361. The second kappa shape index (κ2) is 7.54. The van der Waals surface area contributed by atoms with Crippen molar-refractivity contribution in [3.05, 3.63) is 52.7 Å². The maximum atomic E-state index is 12.2. The van der Waals surface area contributed by atoms with E-state index in [9.17, 15) is 9.90 Å². The van der Waals surface area contributed by atoms with Crippen molar-refractivity contribution in [1.82, 2.24) is 10.3 Å². The molecule has 1 atom stereocenters. The van der Waals surface area contributed by atoms with Gasteiger partial charge >= 0.3 is 0 Å². The molecule has 1 amide bonds. The van der Waals surface area contributed by atoms with Gasteiger partial charge in [-0.25, -0.2) is 4.98 Å². The first-order valence-electron chi connectivity index (χ1n) is 7.17. The molecule has 120 valence electrons. The average Bonchev–Trinajstić information content (AvgIpc) is 3.32. The number of nitrogens with one attached hydrogen (secondary N) is 1. The highest BCUT2D eigenvalue weighted by atomic mass is 32.1. The van der Waals surface area contributed by atoms with Crippen molar-refractivity contribution in [1.29, 1.82) is 0 Å². The van der Waals surface area contributed by atoms with Crippen molar-refractivity contribution >= 4 is 28.6 Å². The van der Waals surface area contributed by atoms with Crippen LogP contribution in [0.1, 0.15) is 16.2 Å². The lowest BCUT2D eigenvalue weighted by Gasteiger charge is -2.13. The van der Waals surface area contributed by atoms with E-state index in [0.29, 0.717) is 18.7 Å². The molecule has 0 fully saturated rings. The lowest BCUT2D eigenvalue weighted by molar-refractivity contribution is 0.0935. The van der Waals surface area contributed by atoms with E-state index in [1.165, 1.54) is 11.3 Å². The number of hydrogen-bond acceptors (Lipinski definition) is 6. The van der Waals surface area contributed by atoms with Crippen LogP contribution < -0.4 is 5.32 Å². The van der Waals surface area contributed by atoms with Crippen molar-refractivity contribution in [3.8, 4) is 9.88 Å². The van der Waals surface area contributed by atoms with Crippen LogP contribution in [0.2, 0.25) is 0 Å². The molecule has 0 spiro atoms. The molecule has 3 aromatic heterocycles. The maximum Gasteiger partial charge on any atom is 0.270 e. The number of thiazole rings is 1. The first kappa shape index (κ1) is 15.9. The Kier molecular flexibility index (Phi) is 5.22.